The zero-order valence-electron chi connectivity index (χ0n) is 10.4. The van der Waals surface area contributed by atoms with E-state index in [4.69, 9.17) is 19.6 Å². The molecule has 0 radical (unpaired) electrons. The summed E-state index contributed by atoms with van der Waals surface area (Å²) in [5.41, 5.74) is 7.97. The van der Waals surface area contributed by atoms with Gasteiger partial charge in [-0.1, -0.05) is 0 Å². The highest BCUT2D eigenvalue weighted by Gasteiger charge is 2.21. The average molecular weight is 391 g/mol. The number of hydrogen-bond donors (Lipinski definition) is 1. The van der Waals surface area contributed by atoms with E-state index < -0.39 is 0 Å². The van der Waals surface area contributed by atoms with Crippen LogP contribution in [0.3, 0.4) is 0 Å². The number of halogens is 2. The lowest BCUT2D eigenvalue weighted by Gasteiger charge is -2.17. The topological polar surface area (TPSA) is 57.6 Å². The van der Waals surface area contributed by atoms with Crippen LogP contribution in [-0.4, -0.2) is 14.2 Å². The lowest BCUT2D eigenvalue weighted by Crippen LogP contribution is -2.13. The second-order valence-electron chi connectivity index (χ2n) is 3.83. The lowest BCUT2D eigenvalue weighted by molar-refractivity contribution is 0.385. The maximum atomic E-state index is 6.27. The van der Waals surface area contributed by atoms with Gasteiger partial charge in [0.05, 0.1) is 26.5 Å². The molecule has 1 aromatic carbocycles. The Balaban J connectivity index is 2.51. The van der Waals surface area contributed by atoms with Gasteiger partial charge in [0.2, 0.25) is 0 Å². The normalized spacial score (nSPS) is 12.3. The van der Waals surface area contributed by atoms with Gasteiger partial charge in [-0.3, -0.25) is 0 Å². The molecule has 2 aromatic rings. The maximum absolute atomic E-state index is 6.27. The highest BCUT2D eigenvalue weighted by Crippen LogP contribution is 2.41. The minimum absolute atomic E-state index is 0.356. The molecule has 19 heavy (non-hydrogen) atoms. The molecule has 0 aliphatic rings. The Kier molecular flexibility index (Phi) is 4.54. The molecule has 1 unspecified atom stereocenters. The number of nitrogens with two attached hydrogens (primary N) is 1. The summed E-state index contributed by atoms with van der Waals surface area (Å²) in [6, 6.07) is 5.19. The van der Waals surface area contributed by atoms with Crippen LogP contribution in [0.25, 0.3) is 0 Å². The second-order valence-corrected chi connectivity index (χ2v) is 5.34. The number of hydrogen-bond acceptors (Lipinski definition) is 4. The molecule has 0 fully saturated rings. The number of rotatable bonds is 4. The summed E-state index contributed by atoms with van der Waals surface area (Å²) in [5.74, 6) is 1.35. The fourth-order valence-corrected chi connectivity index (χ4v) is 3.03. The third kappa shape index (κ3) is 2.66. The van der Waals surface area contributed by atoms with Crippen LogP contribution in [0.4, 0.5) is 0 Å². The van der Waals surface area contributed by atoms with Gasteiger partial charge in [0.15, 0.2) is 4.67 Å². The summed E-state index contributed by atoms with van der Waals surface area (Å²) in [4.78, 5) is 0. The maximum Gasteiger partial charge on any atom is 0.174 e. The van der Waals surface area contributed by atoms with E-state index in [9.17, 15) is 0 Å². The predicted octanol–water partition coefficient (Wildman–Crippen LogP) is 3.87. The minimum Gasteiger partial charge on any atom is -0.495 e. The molecule has 1 atom stereocenters. The first-order chi connectivity index (χ1) is 9.10. The standard InChI is InChI=1S/C13H13Br2NO3/c1-17-9-4-3-7(12(18-2)10(9)14)11(16)8-5-6-19-13(8)15/h3-6,11H,16H2,1-2H3. The lowest BCUT2D eigenvalue weighted by atomic mass is 10.0. The van der Waals surface area contributed by atoms with Crippen LogP contribution in [0, 0.1) is 0 Å². The van der Waals surface area contributed by atoms with Crippen LogP contribution in [-0.2, 0) is 0 Å². The summed E-state index contributed by atoms with van der Waals surface area (Å²) in [7, 11) is 3.20. The summed E-state index contributed by atoms with van der Waals surface area (Å²) in [6.45, 7) is 0. The number of furan rings is 1. The van der Waals surface area contributed by atoms with Crippen molar-refractivity contribution in [1.29, 1.82) is 0 Å². The summed E-state index contributed by atoms with van der Waals surface area (Å²) >= 11 is 6.80. The Morgan fingerprint density at radius 1 is 1.11 bits per heavy atom. The minimum atomic E-state index is -0.356. The van der Waals surface area contributed by atoms with Gasteiger partial charge >= 0.3 is 0 Å². The van der Waals surface area contributed by atoms with Crippen molar-refractivity contribution in [2.75, 3.05) is 14.2 Å². The molecule has 102 valence electrons. The van der Waals surface area contributed by atoms with Gasteiger partial charge in [0, 0.05) is 11.1 Å². The monoisotopic (exact) mass is 389 g/mol. The average Bonchev–Trinajstić information content (AvgIpc) is 2.83. The van der Waals surface area contributed by atoms with Gasteiger partial charge in [0.1, 0.15) is 16.0 Å². The summed E-state index contributed by atoms with van der Waals surface area (Å²) in [5, 5.41) is 0. The highest BCUT2D eigenvalue weighted by molar-refractivity contribution is 9.10. The zero-order valence-corrected chi connectivity index (χ0v) is 13.6. The Bertz CT molecular complexity index is 583. The molecular weight excluding hydrogens is 378 g/mol. The Morgan fingerprint density at radius 2 is 1.84 bits per heavy atom. The molecular formula is C13H13Br2NO3. The molecule has 0 spiro atoms. The van der Waals surface area contributed by atoms with Crippen LogP contribution in [0.15, 0.2) is 38.0 Å². The summed E-state index contributed by atoms with van der Waals surface area (Å²) in [6.07, 6.45) is 1.59. The first-order valence-electron chi connectivity index (χ1n) is 5.49. The van der Waals surface area contributed by atoms with Crippen molar-refractivity contribution in [3.8, 4) is 11.5 Å². The van der Waals surface area contributed by atoms with Crippen molar-refractivity contribution in [3.05, 3.63) is 44.7 Å². The molecule has 6 heteroatoms. The van der Waals surface area contributed by atoms with E-state index in [1.807, 2.05) is 18.2 Å². The molecule has 4 nitrogen and oxygen atoms in total. The molecule has 1 aromatic heterocycles. The Labute approximate surface area is 128 Å². The molecule has 0 amide bonds. The smallest absolute Gasteiger partial charge is 0.174 e. The van der Waals surface area contributed by atoms with Crippen molar-refractivity contribution >= 4 is 31.9 Å². The van der Waals surface area contributed by atoms with E-state index >= 15 is 0 Å². The highest BCUT2D eigenvalue weighted by atomic mass is 79.9. The van der Waals surface area contributed by atoms with Crippen LogP contribution < -0.4 is 15.2 Å². The third-order valence-corrected chi connectivity index (χ3v) is 4.23. The zero-order chi connectivity index (χ0) is 14.0. The van der Waals surface area contributed by atoms with Gasteiger partial charge < -0.3 is 19.6 Å². The molecule has 0 saturated heterocycles. The van der Waals surface area contributed by atoms with E-state index in [1.165, 1.54) is 0 Å². The van der Waals surface area contributed by atoms with E-state index in [0.29, 0.717) is 16.2 Å². The van der Waals surface area contributed by atoms with Gasteiger partial charge in [0.25, 0.3) is 0 Å². The van der Waals surface area contributed by atoms with E-state index in [-0.39, 0.29) is 6.04 Å². The fourth-order valence-electron chi connectivity index (χ4n) is 1.86. The first kappa shape index (κ1) is 14.4. The van der Waals surface area contributed by atoms with Gasteiger partial charge in [-0.15, -0.1) is 0 Å². The van der Waals surface area contributed by atoms with Crippen molar-refractivity contribution in [2.24, 2.45) is 5.73 Å². The Hall–Kier alpha value is -0.980. The molecule has 0 bridgehead atoms. The van der Waals surface area contributed by atoms with Crippen molar-refractivity contribution in [1.82, 2.24) is 0 Å². The Morgan fingerprint density at radius 3 is 2.37 bits per heavy atom. The van der Waals surface area contributed by atoms with Crippen molar-refractivity contribution in [3.63, 3.8) is 0 Å². The predicted molar refractivity (Wildman–Crippen MR) is 79.7 cm³/mol. The summed E-state index contributed by atoms with van der Waals surface area (Å²) < 4.78 is 17.2. The van der Waals surface area contributed by atoms with E-state index in [2.05, 4.69) is 31.9 Å². The molecule has 0 aliphatic carbocycles. The second kappa shape index (κ2) is 5.98. The van der Waals surface area contributed by atoms with Gasteiger partial charge in [-0.25, -0.2) is 0 Å². The number of benzene rings is 1. The molecule has 1 heterocycles. The largest absolute Gasteiger partial charge is 0.495 e. The van der Waals surface area contributed by atoms with E-state index in [0.717, 1.165) is 15.6 Å². The molecule has 0 saturated carbocycles. The van der Waals surface area contributed by atoms with E-state index in [1.54, 1.807) is 20.5 Å². The van der Waals surface area contributed by atoms with Crippen molar-refractivity contribution < 1.29 is 13.9 Å². The molecule has 2 N–H and O–H groups in total. The van der Waals surface area contributed by atoms with Crippen LogP contribution in [0.1, 0.15) is 17.2 Å². The molecule has 2 rings (SSSR count). The number of methoxy groups -OCH3 is 2. The third-order valence-electron chi connectivity index (χ3n) is 2.83. The SMILES string of the molecule is COc1ccc(C(N)c2ccoc2Br)c(OC)c1Br. The van der Waals surface area contributed by atoms with Crippen molar-refractivity contribution in [2.45, 2.75) is 6.04 Å². The fraction of sp³-hybridized carbons (Fsp3) is 0.231. The number of ether oxygens (including phenoxy) is 2. The first-order valence-corrected chi connectivity index (χ1v) is 7.07. The van der Waals surface area contributed by atoms with Gasteiger partial charge in [-0.05, 0) is 50.1 Å². The molecule has 0 aliphatic heterocycles. The van der Waals surface area contributed by atoms with Crippen LogP contribution >= 0.6 is 31.9 Å². The quantitative estimate of drug-likeness (QED) is 0.860. The van der Waals surface area contributed by atoms with Gasteiger partial charge in [-0.2, -0.15) is 0 Å². The van der Waals surface area contributed by atoms with Crippen LogP contribution in [0.2, 0.25) is 0 Å². The van der Waals surface area contributed by atoms with Crippen LogP contribution in [0.5, 0.6) is 11.5 Å².